The van der Waals surface area contributed by atoms with Gasteiger partial charge >= 0.3 is 0 Å². The second-order valence-electron chi connectivity index (χ2n) is 4.84. The van der Waals surface area contributed by atoms with Gasteiger partial charge in [0.2, 0.25) is 0 Å². The third kappa shape index (κ3) is 3.78. The fraction of sp³-hybridized carbons (Fsp3) is 0.250. The van der Waals surface area contributed by atoms with E-state index in [1.807, 2.05) is 30.5 Å². The van der Waals surface area contributed by atoms with E-state index in [-0.39, 0.29) is 17.7 Å². The first-order valence-electron chi connectivity index (χ1n) is 6.79. The molecular weight excluding hydrogens is 300 g/mol. The van der Waals surface area contributed by atoms with Gasteiger partial charge in [0.15, 0.2) is 0 Å². The zero-order valence-electron chi connectivity index (χ0n) is 12.4. The Morgan fingerprint density at radius 3 is 2.64 bits per heavy atom. The Bertz CT molecular complexity index is 710. The summed E-state index contributed by atoms with van der Waals surface area (Å²) in [5.41, 5.74) is 0.424. The molecule has 0 aliphatic heterocycles. The highest BCUT2D eigenvalue weighted by Gasteiger charge is 2.13. The molecule has 0 bridgehead atoms. The van der Waals surface area contributed by atoms with Crippen molar-refractivity contribution in [1.29, 1.82) is 0 Å². The summed E-state index contributed by atoms with van der Waals surface area (Å²) in [5.74, 6) is -0.485. The number of nitrogens with zero attached hydrogens (tertiary/aromatic N) is 1. The van der Waals surface area contributed by atoms with Gasteiger partial charge in [-0.05, 0) is 36.1 Å². The maximum atomic E-state index is 12.0. The van der Waals surface area contributed by atoms with Crippen LogP contribution in [-0.2, 0) is 7.05 Å². The Morgan fingerprint density at radius 2 is 2.00 bits per heavy atom. The SMILES string of the molecule is CSc1ccc([C@H](O)CNC(=O)c2cccn(C)c2=O)cc1. The van der Waals surface area contributed by atoms with Crippen LogP contribution in [0.15, 0.2) is 52.3 Å². The van der Waals surface area contributed by atoms with Crippen LogP contribution in [0.4, 0.5) is 0 Å². The van der Waals surface area contributed by atoms with Crippen molar-refractivity contribution in [2.75, 3.05) is 12.8 Å². The molecule has 6 heteroatoms. The molecule has 0 saturated carbocycles. The number of aryl methyl sites for hydroxylation is 1. The highest BCUT2D eigenvalue weighted by atomic mass is 32.2. The molecule has 0 fully saturated rings. The van der Waals surface area contributed by atoms with Gasteiger partial charge in [0.1, 0.15) is 5.56 Å². The minimum atomic E-state index is -0.813. The molecule has 22 heavy (non-hydrogen) atoms. The van der Waals surface area contributed by atoms with Gasteiger partial charge in [-0.3, -0.25) is 9.59 Å². The number of hydrogen-bond donors (Lipinski definition) is 2. The molecule has 116 valence electrons. The Morgan fingerprint density at radius 1 is 1.32 bits per heavy atom. The highest BCUT2D eigenvalue weighted by Crippen LogP contribution is 2.18. The molecule has 0 aliphatic carbocycles. The number of carbonyl (C=O) groups excluding carboxylic acids is 1. The van der Waals surface area contributed by atoms with E-state index in [0.29, 0.717) is 0 Å². The highest BCUT2D eigenvalue weighted by molar-refractivity contribution is 7.98. The van der Waals surface area contributed by atoms with Crippen molar-refractivity contribution >= 4 is 17.7 Å². The molecule has 1 aromatic heterocycles. The number of amides is 1. The number of thioether (sulfide) groups is 1. The largest absolute Gasteiger partial charge is 0.387 e. The number of rotatable bonds is 5. The van der Waals surface area contributed by atoms with Gasteiger partial charge in [-0.1, -0.05) is 12.1 Å². The average molecular weight is 318 g/mol. The summed E-state index contributed by atoms with van der Waals surface area (Å²) in [5, 5.41) is 12.7. The molecule has 0 aliphatic rings. The predicted molar refractivity (Wildman–Crippen MR) is 87.2 cm³/mol. The first kappa shape index (κ1) is 16.3. The minimum absolute atomic E-state index is 0.0511. The maximum absolute atomic E-state index is 12.0. The number of hydrogen-bond acceptors (Lipinski definition) is 4. The van der Waals surface area contributed by atoms with Crippen molar-refractivity contribution in [3.05, 3.63) is 64.1 Å². The second kappa shape index (κ2) is 7.29. The normalized spacial score (nSPS) is 12.0. The van der Waals surface area contributed by atoms with Crippen LogP contribution in [0.2, 0.25) is 0 Å². The molecule has 0 spiro atoms. The summed E-state index contributed by atoms with van der Waals surface area (Å²) in [7, 11) is 1.58. The van der Waals surface area contributed by atoms with Crippen molar-refractivity contribution in [2.24, 2.45) is 7.05 Å². The van der Waals surface area contributed by atoms with Crippen LogP contribution in [0.5, 0.6) is 0 Å². The molecule has 0 unspecified atom stereocenters. The van der Waals surface area contributed by atoms with Gasteiger partial charge in [-0.2, -0.15) is 0 Å². The summed E-state index contributed by atoms with van der Waals surface area (Å²) < 4.78 is 1.34. The van der Waals surface area contributed by atoms with Gasteiger partial charge in [-0.25, -0.2) is 0 Å². The predicted octanol–water partition coefficient (Wildman–Crippen LogP) is 1.57. The van der Waals surface area contributed by atoms with E-state index in [2.05, 4.69) is 5.32 Å². The number of carbonyl (C=O) groups is 1. The van der Waals surface area contributed by atoms with E-state index in [9.17, 15) is 14.7 Å². The fourth-order valence-electron chi connectivity index (χ4n) is 2.00. The van der Waals surface area contributed by atoms with E-state index < -0.39 is 12.0 Å². The van der Waals surface area contributed by atoms with Gasteiger partial charge in [-0.15, -0.1) is 11.8 Å². The van der Waals surface area contributed by atoms with Crippen molar-refractivity contribution in [2.45, 2.75) is 11.0 Å². The minimum Gasteiger partial charge on any atom is -0.387 e. The Balaban J connectivity index is 2.00. The molecule has 2 rings (SSSR count). The van der Waals surface area contributed by atoms with Crippen molar-refractivity contribution < 1.29 is 9.90 Å². The molecule has 1 atom stereocenters. The summed E-state index contributed by atoms with van der Waals surface area (Å²) in [4.78, 5) is 25.0. The third-order valence-electron chi connectivity index (χ3n) is 3.32. The molecule has 0 radical (unpaired) electrons. The monoisotopic (exact) mass is 318 g/mol. The van der Waals surface area contributed by atoms with Crippen LogP contribution >= 0.6 is 11.8 Å². The maximum Gasteiger partial charge on any atom is 0.263 e. The summed E-state index contributed by atoms with van der Waals surface area (Å²) in [6.45, 7) is 0.0511. The van der Waals surface area contributed by atoms with Crippen LogP contribution < -0.4 is 10.9 Å². The van der Waals surface area contributed by atoms with E-state index in [1.165, 1.54) is 10.6 Å². The van der Waals surface area contributed by atoms with Gasteiger partial charge in [0, 0.05) is 24.7 Å². The first-order valence-corrected chi connectivity index (χ1v) is 8.01. The molecule has 2 aromatic rings. The van der Waals surface area contributed by atoms with Crippen molar-refractivity contribution in [1.82, 2.24) is 9.88 Å². The third-order valence-corrected chi connectivity index (χ3v) is 4.07. The first-order chi connectivity index (χ1) is 10.5. The summed E-state index contributed by atoms with van der Waals surface area (Å²) in [6.07, 6.45) is 2.75. The van der Waals surface area contributed by atoms with Crippen molar-refractivity contribution in [3.63, 3.8) is 0 Å². The molecule has 0 saturated heterocycles. The van der Waals surface area contributed by atoms with Gasteiger partial charge in [0.05, 0.1) is 6.10 Å². The number of pyridine rings is 1. The molecule has 2 N–H and O–H groups in total. The van der Waals surface area contributed by atoms with Crippen LogP contribution in [0.1, 0.15) is 22.0 Å². The molecule has 1 aromatic carbocycles. The molecule has 1 heterocycles. The second-order valence-corrected chi connectivity index (χ2v) is 5.72. The number of benzene rings is 1. The number of aromatic nitrogens is 1. The van der Waals surface area contributed by atoms with Crippen LogP contribution in [0.25, 0.3) is 0 Å². The lowest BCUT2D eigenvalue weighted by molar-refractivity contribution is 0.0914. The van der Waals surface area contributed by atoms with Crippen molar-refractivity contribution in [3.8, 4) is 0 Å². The van der Waals surface area contributed by atoms with Gasteiger partial charge < -0.3 is 15.0 Å². The Labute approximate surface area is 133 Å². The lowest BCUT2D eigenvalue weighted by atomic mass is 10.1. The topological polar surface area (TPSA) is 71.3 Å². The summed E-state index contributed by atoms with van der Waals surface area (Å²) >= 11 is 1.62. The van der Waals surface area contributed by atoms with Crippen LogP contribution in [0, 0.1) is 0 Å². The Kier molecular flexibility index (Phi) is 5.41. The molecule has 5 nitrogen and oxygen atoms in total. The van der Waals surface area contributed by atoms with Crippen LogP contribution in [-0.4, -0.2) is 28.4 Å². The number of aliphatic hydroxyl groups is 1. The molecule has 1 amide bonds. The zero-order chi connectivity index (χ0) is 16.1. The van der Waals surface area contributed by atoms with E-state index in [1.54, 1.807) is 31.1 Å². The average Bonchev–Trinajstić information content (AvgIpc) is 2.55. The Hall–Kier alpha value is -2.05. The smallest absolute Gasteiger partial charge is 0.263 e. The quantitative estimate of drug-likeness (QED) is 0.821. The van der Waals surface area contributed by atoms with E-state index >= 15 is 0 Å². The standard InChI is InChI=1S/C16H18N2O3S/c1-18-9-3-4-13(16(18)21)15(20)17-10-14(19)11-5-7-12(22-2)8-6-11/h3-9,14,19H,10H2,1-2H3,(H,17,20)/t14-/m1/s1. The summed E-state index contributed by atoms with van der Waals surface area (Å²) in [6, 6.07) is 10.6. The van der Waals surface area contributed by atoms with Gasteiger partial charge in [0.25, 0.3) is 11.5 Å². The lowest BCUT2D eigenvalue weighted by Crippen LogP contribution is -2.34. The zero-order valence-corrected chi connectivity index (χ0v) is 13.3. The lowest BCUT2D eigenvalue weighted by Gasteiger charge is -2.12. The van der Waals surface area contributed by atoms with E-state index in [0.717, 1.165) is 10.5 Å². The number of nitrogens with one attached hydrogen (secondary N) is 1. The molecular formula is C16H18N2O3S. The number of aliphatic hydroxyl groups excluding tert-OH is 1. The van der Waals surface area contributed by atoms with E-state index in [4.69, 9.17) is 0 Å². The van der Waals surface area contributed by atoms with Crippen LogP contribution in [0.3, 0.4) is 0 Å². The fourth-order valence-corrected chi connectivity index (χ4v) is 2.41.